The van der Waals surface area contributed by atoms with Gasteiger partial charge >= 0.3 is 0 Å². The summed E-state index contributed by atoms with van der Waals surface area (Å²) in [7, 11) is -2.57. The standard InChI is InChI=1S/C16H25NSi2/c1-18(2,3)15-12-17(13-16(15)19(4,5)6)14-10-8-7-9-11-14/h7-13H,1-6H3. The Balaban J connectivity index is 2.59. The highest BCUT2D eigenvalue weighted by Gasteiger charge is 2.29. The van der Waals surface area contributed by atoms with Crippen molar-refractivity contribution in [1.29, 1.82) is 0 Å². The lowest BCUT2D eigenvalue weighted by molar-refractivity contribution is 1.08. The van der Waals surface area contributed by atoms with E-state index in [1.54, 1.807) is 10.4 Å². The molecule has 1 nitrogen and oxygen atoms in total. The highest BCUT2D eigenvalue weighted by atomic mass is 28.3. The van der Waals surface area contributed by atoms with Gasteiger partial charge in [-0.25, -0.2) is 0 Å². The molecular weight excluding hydrogens is 262 g/mol. The van der Waals surface area contributed by atoms with Gasteiger partial charge in [0.05, 0.1) is 16.1 Å². The summed E-state index contributed by atoms with van der Waals surface area (Å²) in [6, 6.07) is 10.7. The molecule has 0 amide bonds. The molecule has 0 N–H and O–H groups in total. The molecule has 0 unspecified atom stereocenters. The number of para-hydroxylation sites is 1. The molecule has 1 aromatic carbocycles. The van der Waals surface area contributed by atoms with Crippen molar-refractivity contribution in [2.24, 2.45) is 0 Å². The molecule has 0 aliphatic rings. The molecule has 1 aromatic heterocycles. The van der Waals surface area contributed by atoms with Crippen molar-refractivity contribution in [2.45, 2.75) is 39.3 Å². The van der Waals surface area contributed by atoms with Gasteiger partial charge in [0.15, 0.2) is 0 Å². The molecule has 0 atom stereocenters. The predicted octanol–water partition coefficient (Wildman–Crippen LogP) is 3.57. The molecule has 0 fully saturated rings. The Morgan fingerprint density at radius 1 is 0.684 bits per heavy atom. The van der Waals surface area contributed by atoms with Crippen molar-refractivity contribution in [1.82, 2.24) is 4.57 Å². The third kappa shape index (κ3) is 3.09. The van der Waals surface area contributed by atoms with Crippen LogP contribution in [0.2, 0.25) is 39.3 Å². The zero-order chi connectivity index (χ0) is 14.3. The minimum atomic E-state index is -1.29. The van der Waals surface area contributed by atoms with Gasteiger partial charge in [-0.15, -0.1) is 0 Å². The fourth-order valence-corrected chi connectivity index (χ4v) is 7.45. The maximum absolute atomic E-state index is 2.45. The summed E-state index contributed by atoms with van der Waals surface area (Å²) in [4.78, 5) is 0. The van der Waals surface area contributed by atoms with Gasteiger partial charge in [0.25, 0.3) is 0 Å². The van der Waals surface area contributed by atoms with Crippen LogP contribution in [0.3, 0.4) is 0 Å². The Morgan fingerprint density at radius 2 is 1.11 bits per heavy atom. The van der Waals surface area contributed by atoms with Crippen molar-refractivity contribution in [2.75, 3.05) is 0 Å². The third-order valence-corrected chi connectivity index (χ3v) is 7.78. The first kappa shape index (κ1) is 14.3. The van der Waals surface area contributed by atoms with Gasteiger partial charge in [-0.3, -0.25) is 0 Å². The number of rotatable bonds is 3. The quantitative estimate of drug-likeness (QED) is 0.761. The molecule has 1 heterocycles. The van der Waals surface area contributed by atoms with E-state index in [9.17, 15) is 0 Å². The lowest BCUT2D eigenvalue weighted by Crippen LogP contribution is -2.54. The van der Waals surface area contributed by atoms with Gasteiger partial charge in [-0.05, 0) is 22.5 Å². The number of hydrogen-bond donors (Lipinski definition) is 0. The molecule has 0 aliphatic carbocycles. The maximum Gasteiger partial charge on any atom is 0.0794 e. The molecule has 2 aromatic rings. The highest BCUT2D eigenvalue weighted by Crippen LogP contribution is 2.12. The molecule has 102 valence electrons. The zero-order valence-electron chi connectivity index (χ0n) is 13.0. The Hall–Kier alpha value is -1.07. The van der Waals surface area contributed by atoms with Crippen LogP contribution in [-0.2, 0) is 0 Å². The predicted molar refractivity (Wildman–Crippen MR) is 91.7 cm³/mol. The van der Waals surface area contributed by atoms with Crippen LogP contribution in [0.5, 0.6) is 0 Å². The normalized spacial score (nSPS) is 12.7. The summed E-state index contributed by atoms with van der Waals surface area (Å²) in [5.74, 6) is 0. The largest absolute Gasteiger partial charge is 0.324 e. The number of aromatic nitrogens is 1. The average Bonchev–Trinajstić information content (AvgIpc) is 2.74. The first-order valence-corrected chi connectivity index (χ1v) is 14.0. The van der Waals surface area contributed by atoms with E-state index in [1.165, 1.54) is 5.69 Å². The monoisotopic (exact) mass is 287 g/mol. The van der Waals surface area contributed by atoms with Crippen LogP contribution >= 0.6 is 0 Å². The van der Waals surface area contributed by atoms with E-state index in [4.69, 9.17) is 0 Å². The maximum atomic E-state index is 2.45. The average molecular weight is 288 g/mol. The first-order valence-electron chi connectivity index (χ1n) is 6.98. The van der Waals surface area contributed by atoms with Crippen LogP contribution < -0.4 is 10.4 Å². The fourth-order valence-electron chi connectivity index (χ4n) is 2.40. The topological polar surface area (TPSA) is 4.93 Å². The first-order chi connectivity index (χ1) is 8.69. The van der Waals surface area contributed by atoms with Crippen LogP contribution in [0.4, 0.5) is 0 Å². The van der Waals surface area contributed by atoms with Crippen LogP contribution in [0, 0.1) is 0 Å². The summed E-state index contributed by atoms with van der Waals surface area (Å²) in [6.07, 6.45) is 4.77. The lowest BCUT2D eigenvalue weighted by atomic mass is 10.3. The molecular formula is C16H25NSi2. The summed E-state index contributed by atoms with van der Waals surface area (Å²) < 4.78 is 2.32. The molecule has 0 aliphatic heterocycles. The molecule has 0 spiro atoms. The van der Waals surface area contributed by atoms with E-state index in [1.807, 2.05) is 0 Å². The van der Waals surface area contributed by atoms with Crippen LogP contribution in [-0.4, -0.2) is 20.7 Å². The van der Waals surface area contributed by atoms with E-state index in [0.29, 0.717) is 0 Å². The lowest BCUT2D eigenvalue weighted by Gasteiger charge is -2.23. The minimum Gasteiger partial charge on any atom is -0.324 e. The SMILES string of the molecule is C[Si](C)(C)c1cn(-c2ccccc2)cc1[Si](C)(C)C. The van der Waals surface area contributed by atoms with Crippen molar-refractivity contribution in [3.8, 4) is 5.69 Å². The van der Waals surface area contributed by atoms with Crippen molar-refractivity contribution >= 4 is 26.5 Å². The van der Waals surface area contributed by atoms with Crippen molar-refractivity contribution < 1.29 is 0 Å². The second-order valence-corrected chi connectivity index (χ2v) is 17.4. The smallest absolute Gasteiger partial charge is 0.0794 e. The molecule has 3 heteroatoms. The summed E-state index contributed by atoms with van der Waals surface area (Å²) in [6.45, 7) is 14.7. The summed E-state index contributed by atoms with van der Waals surface area (Å²) >= 11 is 0. The fraction of sp³-hybridized carbons (Fsp3) is 0.375. The molecule has 0 saturated heterocycles. The highest BCUT2D eigenvalue weighted by molar-refractivity contribution is 6.98. The van der Waals surface area contributed by atoms with E-state index >= 15 is 0 Å². The molecule has 0 radical (unpaired) electrons. The van der Waals surface area contributed by atoms with Crippen LogP contribution in [0.1, 0.15) is 0 Å². The second kappa shape index (κ2) is 4.80. The van der Waals surface area contributed by atoms with Crippen LogP contribution in [0.15, 0.2) is 42.7 Å². The van der Waals surface area contributed by atoms with Gasteiger partial charge in [-0.1, -0.05) is 57.5 Å². The Morgan fingerprint density at radius 3 is 1.47 bits per heavy atom. The Labute approximate surface area is 119 Å². The van der Waals surface area contributed by atoms with Crippen molar-refractivity contribution in [3.63, 3.8) is 0 Å². The molecule has 2 rings (SSSR count). The number of benzene rings is 1. The second-order valence-electron chi connectivity index (χ2n) is 7.33. The van der Waals surface area contributed by atoms with Gasteiger partial charge < -0.3 is 4.57 Å². The molecule has 19 heavy (non-hydrogen) atoms. The van der Waals surface area contributed by atoms with E-state index in [2.05, 4.69) is 86.6 Å². The molecule has 0 saturated carbocycles. The van der Waals surface area contributed by atoms with Crippen molar-refractivity contribution in [3.05, 3.63) is 42.7 Å². The van der Waals surface area contributed by atoms with E-state index < -0.39 is 16.1 Å². The summed E-state index contributed by atoms with van der Waals surface area (Å²) in [5.41, 5.74) is 1.27. The Bertz CT molecular complexity index is 525. The van der Waals surface area contributed by atoms with E-state index in [-0.39, 0.29) is 0 Å². The minimum absolute atomic E-state index is 1.27. The number of hydrogen-bond acceptors (Lipinski definition) is 0. The molecule has 0 bridgehead atoms. The third-order valence-electron chi connectivity index (χ3n) is 3.50. The zero-order valence-corrected chi connectivity index (χ0v) is 15.0. The number of nitrogens with zero attached hydrogens (tertiary/aromatic N) is 1. The van der Waals surface area contributed by atoms with Gasteiger partial charge in [0.2, 0.25) is 0 Å². The van der Waals surface area contributed by atoms with Crippen LogP contribution in [0.25, 0.3) is 5.69 Å². The summed E-state index contributed by atoms with van der Waals surface area (Å²) in [5, 5.41) is 3.27. The van der Waals surface area contributed by atoms with Gasteiger partial charge in [0, 0.05) is 18.1 Å². The van der Waals surface area contributed by atoms with E-state index in [0.717, 1.165) is 0 Å². The van der Waals surface area contributed by atoms with Gasteiger partial charge in [-0.2, -0.15) is 0 Å². The van der Waals surface area contributed by atoms with Gasteiger partial charge in [0.1, 0.15) is 0 Å². The Kier molecular flexibility index (Phi) is 3.62.